The van der Waals surface area contributed by atoms with Crippen LogP contribution in [-0.4, -0.2) is 62.8 Å². The van der Waals surface area contributed by atoms with Gasteiger partial charge in [-0.1, -0.05) is 18.2 Å². The lowest BCUT2D eigenvalue weighted by atomic mass is 10.1. The molecule has 1 amide bonds. The molecular formula is C25H29N3O5. The molecule has 1 heterocycles. The Morgan fingerprint density at radius 2 is 1.79 bits per heavy atom. The van der Waals surface area contributed by atoms with E-state index in [0.29, 0.717) is 23.6 Å². The summed E-state index contributed by atoms with van der Waals surface area (Å²) in [6.07, 6.45) is 3.54. The first-order chi connectivity index (χ1) is 15.8. The minimum Gasteiger partial charge on any atom is -0.493 e. The molecule has 0 aliphatic carbocycles. The largest absolute Gasteiger partial charge is 0.493 e. The number of carbonyl (C=O) groups is 2. The summed E-state index contributed by atoms with van der Waals surface area (Å²) in [7, 11) is 8.72. The molecule has 0 aliphatic heterocycles. The van der Waals surface area contributed by atoms with Gasteiger partial charge in [-0.25, -0.2) is 4.79 Å². The molecule has 8 heteroatoms. The minimum absolute atomic E-state index is 0.0462. The number of fused-ring (bicyclic) bond motifs is 1. The molecule has 3 rings (SSSR count). The van der Waals surface area contributed by atoms with Crippen molar-refractivity contribution in [2.45, 2.75) is 0 Å². The van der Waals surface area contributed by atoms with Crippen LogP contribution in [0.25, 0.3) is 17.0 Å². The van der Waals surface area contributed by atoms with E-state index in [1.54, 1.807) is 24.3 Å². The summed E-state index contributed by atoms with van der Waals surface area (Å²) in [5, 5.41) is 3.67. The molecule has 2 aromatic carbocycles. The summed E-state index contributed by atoms with van der Waals surface area (Å²) < 4.78 is 17.9. The van der Waals surface area contributed by atoms with E-state index in [9.17, 15) is 9.59 Å². The summed E-state index contributed by atoms with van der Waals surface area (Å²) in [6.45, 7) is 0.766. The van der Waals surface area contributed by atoms with Crippen molar-refractivity contribution in [2.24, 2.45) is 7.05 Å². The van der Waals surface area contributed by atoms with Crippen LogP contribution < -0.4 is 14.8 Å². The Hall–Kier alpha value is -3.78. The quantitative estimate of drug-likeness (QED) is 0.398. The van der Waals surface area contributed by atoms with Gasteiger partial charge in [0.2, 0.25) is 0 Å². The van der Waals surface area contributed by atoms with E-state index in [1.165, 1.54) is 14.2 Å². The van der Waals surface area contributed by atoms with Crippen LogP contribution in [0.2, 0.25) is 0 Å². The predicted molar refractivity (Wildman–Crippen MR) is 127 cm³/mol. The maximum atomic E-state index is 13.0. The molecule has 0 spiro atoms. The first-order valence-corrected chi connectivity index (χ1v) is 10.4. The zero-order chi connectivity index (χ0) is 24.0. The predicted octanol–water partition coefficient (Wildman–Crippen LogP) is 3.07. The van der Waals surface area contributed by atoms with Crippen molar-refractivity contribution in [3.05, 3.63) is 65.5 Å². The Balaban J connectivity index is 1.94. The fourth-order valence-electron chi connectivity index (χ4n) is 3.36. The molecule has 0 saturated heterocycles. The van der Waals surface area contributed by atoms with Crippen LogP contribution in [0.1, 0.15) is 15.9 Å². The highest BCUT2D eigenvalue weighted by Crippen LogP contribution is 2.28. The maximum absolute atomic E-state index is 13.0. The van der Waals surface area contributed by atoms with Crippen LogP contribution in [0.5, 0.6) is 11.5 Å². The van der Waals surface area contributed by atoms with Gasteiger partial charge < -0.3 is 29.0 Å². The third-order valence-electron chi connectivity index (χ3n) is 5.11. The number of methoxy groups -OCH3 is 2. The van der Waals surface area contributed by atoms with Crippen molar-refractivity contribution in [1.82, 2.24) is 14.8 Å². The molecule has 0 aliphatic rings. The number of para-hydroxylation sites is 1. The molecule has 1 N–H and O–H groups in total. The Bertz CT molecular complexity index is 1180. The highest BCUT2D eigenvalue weighted by atomic mass is 16.5. The van der Waals surface area contributed by atoms with E-state index in [0.717, 1.165) is 16.5 Å². The molecule has 0 unspecified atom stereocenters. The lowest BCUT2D eigenvalue weighted by Crippen LogP contribution is -2.30. The van der Waals surface area contributed by atoms with Crippen LogP contribution in [0, 0.1) is 0 Å². The molecule has 174 valence electrons. The number of ether oxygens (including phenoxy) is 3. The Labute approximate surface area is 193 Å². The highest BCUT2D eigenvalue weighted by Gasteiger charge is 2.19. The summed E-state index contributed by atoms with van der Waals surface area (Å²) in [5.74, 6) is -0.160. The van der Waals surface area contributed by atoms with Crippen LogP contribution >= 0.6 is 0 Å². The van der Waals surface area contributed by atoms with Gasteiger partial charge >= 0.3 is 5.97 Å². The molecule has 0 saturated carbocycles. The van der Waals surface area contributed by atoms with Crippen LogP contribution in [0.4, 0.5) is 0 Å². The number of carbonyl (C=O) groups excluding carboxylic acids is 2. The van der Waals surface area contributed by atoms with E-state index in [4.69, 9.17) is 14.2 Å². The van der Waals surface area contributed by atoms with E-state index >= 15 is 0 Å². The minimum atomic E-state index is -0.612. The highest BCUT2D eigenvalue weighted by molar-refractivity contribution is 6.05. The maximum Gasteiger partial charge on any atom is 0.354 e. The van der Waals surface area contributed by atoms with Crippen LogP contribution in [0.15, 0.2) is 54.4 Å². The first-order valence-electron chi connectivity index (χ1n) is 10.4. The van der Waals surface area contributed by atoms with Gasteiger partial charge in [-0.05, 0) is 44.4 Å². The third kappa shape index (κ3) is 5.72. The van der Waals surface area contributed by atoms with E-state index < -0.39 is 11.9 Å². The molecule has 1 aromatic heterocycles. The zero-order valence-corrected chi connectivity index (χ0v) is 19.5. The van der Waals surface area contributed by atoms with Gasteiger partial charge in [0, 0.05) is 41.8 Å². The smallest absolute Gasteiger partial charge is 0.354 e. The van der Waals surface area contributed by atoms with E-state index in [2.05, 4.69) is 5.32 Å². The molecule has 0 radical (unpaired) electrons. The lowest BCUT2D eigenvalue weighted by Gasteiger charge is -2.13. The fourth-order valence-corrected chi connectivity index (χ4v) is 3.36. The van der Waals surface area contributed by atoms with Gasteiger partial charge in [0.05, 0.1) is 14.2 Å². The molecular weight excluding hydrogens is 422 g/mol. The van der Waals surface area contributed by atoms with Crippen molar-refractivity contribution in [3.63, 3.8) is 0 Å². The fraction of sp³-hybridized carbons (Fsp3) is 0.280. The SMILES string of the molecule is COc1ccc(C(=O)N/C(=C\c2cn(C)c3ccccc23)C(=O)OCCN(C)C)cc1OC. The van der Waals surface area contributed by atoms with Gasteiger partial charge in [-0.2, -0.15) is 0 Å². The first kappa shape index (κ1) is 23.9. The summed E-state index contributed by atoms with van der Waals surface area (Å²) in [5.41, 5.74) is 2.16. The van der Waals surface area contributed by atoms with Crippen molar-refractivity contribution < 1.29 is 23.8 Å². The number of nitrogens with one attached hydrogen (secondary N) is 1. The van der Waals surface area contributed by atoms with Crippen molar-refractivity contribution in [2.75, 3.05) is 41.5 Å². The van der Waals surface area contributed by atoms with Gasteiger partial charge in [0.1, 0.15) is 12.3 Å². The topological polar surface area (TPSA) is 82.0 Å². The number of esters is 1. The summed E-state index contributed by atoms with van der Waals surface area (Å²) >= 11 is 0. The Morgan fingerprint density at radius 1 is 1.06 bits per heavy atom. The van der Waals surface area contributed by atoms with Gasteiger partial charge in [0.15, 0.2) is 11.5 Å². The Kier molecular flexibility index (Phi) is 7.74. The average Bonchev–Trinajstić information content (AvgIpc) is 3.13. The monoisotopic (exact) mass is 451 g/mol. The zero-order valence-electron chi connectivity index (χ0n) is 19.5. The normalized spacial score (nSPS) is 11.5. The Morgan fingerprint density at radius 3 is 2.48 bits per heavy atom. The number of aromatic nitrogens is 1. The number of rotatable bonds is 9. The van der Waals surface area contributed by atoms with E-state index in [-0.39, 0.29) is 12.3 Å². The summed E-state index contributed by atoms with van der Waals surface area (Å²) in [6, 6.07) is 12.6. The average molecular weight is 452 g/mol. The second-order valence-electron chi connectivity index (χ2n) is 7.73. The second-order valence-corrected chi connectivity index (χ2v) is 7.73. The third-order valence-corrected chi connectivity index (χ3v) is 5.11. The number of hydrogen-bond donors (Lipinski definition) is 1. The standard InChI is InChI=1S/C25H29N3O5/c1-27(2)12-13-33-25(30)20(14-18-16-28(3)21-9-7-6-8-19(18)21)26-24(29)17-10-11-22(31-4)23(15-17)32-5/h6-11,14-16H,12-13H2,1-5H3,(H,26,29)/b20-14-. The summed E-state index contributed by atoms with van der Waals surface area (Å²) in [4.78, 5) is 27.8. The number of nitrogens with zero attached hydrogens (tertiary/aromatic N) is 2. The second kappa shape index (κ2) is 10.7. The molecule has 0 fully saturated rings. The number of aryl methyl sites for hydroxylation is 1. The lowest BCUT2D eigenvalue weighted by molar-refractivity contribution is -0.139. The number of hydrogen-bond acceptors (Lipinski definition) is 6. The molecule has 3 aromatic rings. The van der Waals surface area contributed by atoms with Crippen LogP contribution in [-0.2, 0) is 16.6 Å². The molecule has 8 nitrogen and oxygen atoms in total. The van der Waals surface area contributed by atoms with Crippen molar-refractivity contribution >= 4 is 28.9 Å². The van der Waals surface area contributed by atoms with Crippen molar-refractivity contribution in [1.29, 1.82) is 0 Å². The number of likely N-dealkylation sites (N-methyl/N-ethyl adjacent to an activating group) is 1. The van der Waals surface area contributed by atoms with Gasteiger partial charge in [-0.3, -0.25) is 4.79 Å². The van der Waals surface area contributed by atoms with Gasteiger partial charge in [-0.15, -0.1) is 0 Å². The van der Waals surface area contributed by atoms with Crippen LogP contribution in [0.3, 0.4) is 0 Å². The van der Waals surface area contributed by atoms with Crippen molar-refractivity contribution in [3.8, 4) is 11.5 Å². The molecule has 33 heavy (non-hydrogen) atoms. The van der Waals surface area contributed by atoms with E-state index in [1.807, 2.05) is 61.1 Å². The number of benzene rings is 2. The van der Waals surface area contributed by atoms with Gasteiger partial charge in [0.25, 0.3) is 5.91 Å². The molecule has 0 bridgehead atoms. The molecule has 0 atom stereocenters. The number of amides is 1.